The second-order valence-electron chi connectivity index (χ2n) is 9.05. The molecular weight excluding hydrogens is 511 g/mol. The third kappa shape index (κ3) is 5.55. The zero-order valence-corrected chi connectivity index (χ0v) is 22.3. The summed E-state index contributed by atoms with van der Waals surface area (Å²) in [5.41, 5.74) is 0.801. The van der Waals surface area contributed by atoms with Gasteiger partial charge in [0.25, 0.3) is 5.91 Å². The third-order valence-electron chi connectivity index (χ3n) is 6.26. The summed E-state index contributed by atoms with van der Waals surface area (Å²) in [5, 5.41) is 21.0. The minimum atomic E-state index is -1.11. The van der Waals surface area contributed by atoms with E-state index in [4.69, 9.17) is 21.5 Å². The van der Waals surface area contributed by atoms with Crippen LogP contribution >= 0.6 is 11.6 Å². The number of nitrogens with zero attached hydrogens (tertiary/aromatic N) is 4. The Labute approximate surface area is 225 Å². The Hall–Kier alpha value is -4.16. The Bertz CT molecular complexity index is 1380. The van der Waals surface area contributed by atoms with Crippen LogP contribution in [0.1, 0.15) is 43.9 Å². The minimum absolute atomic E-state index is 0.184. The van der Waals surface area contributed by atoms with E-state index in [1.165, 1.54) is 23.1 Å². The number of rotatable bonds is 9. The molecule has 0 saturated carbocycles. The Kier molecular flexibility index (Phi) is 8.92. The fourth-order valence-electron chi connectivity index (χ4n) is 4.19. The zero-order valence-electron chi connectivity index (χ0n) is 21.5. The number of hydrogen-bond acceptors (Lipinski definition) is 6. The summed E-state index contributed by atoms with van der Waals surface area (Å²) in [6, 6.07) is 8.97. The van der Waals surface area contributed by atoms with Crippen LogP contribution in [0.25, 0.3) is 5.57 Å². The molecule has 1 heterocycles. The van der Waals surface area contributed by atoms with E-state index in [2.05, 4.69) is 5.16 Å². The first kappa shape index (κ1) is 28.4. The number of allylic oxidation sites excluding steroid dienone is 4. The molecule has 0 aliphatic carbocycles. The van der Waals surface area contributed by atoms with Gasteiger partial charge in [-0.2, -0.15) is 5.26 Å². The van der Waals surface area contributed by atoms with Crippen molar-refractivity contribution < 1.29 is 23.9 Å². The summed E-state index contributed by atoms with van der Waals surface area (Å²) in [6.45, 7) is 7.19. The molecule has 0 aromatic heterocycles. The molecule has 8 nitrogen and oxygen atoms in total. The van der Waals surface area contributed by atoms with Crippen molar-refractivity contribution in [3.63, 3.8) is 0 Å². The fraction of sp³-hybridized carbons (Fsp3) is 0.286. The van der Waals surface area contributed by atoms with E-state index < -0.39 is 23.3 Å². The first-order valence-electron chi connectivity index (χ1n) is 11.9. The number of benzene rings is 2. The molecule has 1 N–H and O–H groups in total. The lowest BCUT2D eigenvalue weighted by molar-refractivity contribution is -0.123. The number of oxime groups is 1. The topological polar surface area (TPSA) is 106 Å². The van der Waals surface area contributed by atoms with Gasteiger partial charge >= 0.3 is 6.03 Å². The first-order chi connectivity index (χ1) is 18.1. The van der Waals surface area contributed by atoms with Gasteiger partial charge in [-0.3, -0.25) is 4.79 Å². The maximum Gasteiger partial charge on any atom is 0.332 e. The number of anilines is 1. The molecule has 1 saturated heterocycles. The molecule has 0 radical (unpaired) electrons. The molecule has 0 atom stereocenters. The highest BCUT2D eigenvalue weighted by atomic mass is 35.5. The van der Waals surface area contributed by atoms with Crippen LogP contribution in [-0.4, -0.2) is 47.0 Å². The van der Waals surface area contributed by atoms with E-state index >= 15 is 0 Å². The molecule has 1 fully saturated rings. The van der Waals surface area contributed by atoms with Crippen molar-refractivity contribution in [1.29, 1.82) is 5.26 Å². The van der Waals surface area contributed by atoms with Crippen LogP contribution in [0.4, 0.5) is 14.9 Å². The van der Waals surface area contributed by atoms with Gasteiger partial charge in [0.15, 0.2) is 0 Å². The monoisotopic (exact) mass is 538 g/mol. The Balaban J connectivity index is 1.69. The number of nitriles is 1. The Morgan fingerprint density at radius 3 is 2.66 bits per heavy atom. The largest absolute Gasteiger partial charge is 0.493 e. The van der Waals surface area contributed by atoms with Crippen molar-refractivity contribution in [3.8, 4) is 11.8 Å². The fourth-order valence-corrected chi connectivity index (χ4v) is 4.39. The lowest BCUT2D eigenvalue weighted by Crippen LogP contribution is -2.44. The smallest absolute Gasteiger partial charge is 0.332 e. The molecule has 0 spiro atoms. The number of imide groups is 1. The second-order valence-corrected chi connectivity index (χ2v) is 9.43. The number of amides is 3. The van der Waals surface area contributed by atoms with Gasteiger partial charge in [0.1, 0.15) is 23.2 Å². The van der Waals surface area contributed by atoms with Gasteiger partial charge in [-0.15, -0.1) is 0 Å². The Morgan fingerprint density at radius 1 is 1.29 bits per heavy atom. The van der Waals surface area contributed by atoms with Gasteiger partial charge in [0.2, 0.25) is 0 Å². The average molecular weight is 539 g/mol. The van der Waals surface area contributed by atoms with Crippen LogP contribution in [0.5, 0.6) is 5.75 Å². The molecule has 2 aromatic carbocycles. The highest BCUT2D eigenvalue weighted by Gasteiger charge is 2.51. The molecule has 3 amide bonds. The molecule has 198 valence electrons. The van der Waals surface area contributed by atoms with E-state index in [1.54, 1.807) is 58.0 Å². The third-order valence-corrected chi connectivity index (χ3v) is 6.74. The summed E-state index contributed by atoms with van der Waals surface area (Å²) >= 11 is 6.27. The lowest BCUT2D eigenvalue weighted by Gasteiger charge is -2.27. The summed E-state index contributed by atoms with van der Waals surface area (Å²) in [5.74, 6) is -0.595. The van der Waals surface area contributed by atoms with Crippen LogP contribution in [0.2, 0.25) is 5.02 Å². The average Bonchev–Trinajstić information content (AvgIpc) is 3.05. The number of carbonyl (C=O) groups excluding carboxylic acids is 2. The van der Waals surface area contributed by atoms with Gasteiger partial charge in [-0.05, 0) is 75.6 Å². The van der Waals surface area contributed by atoms with Crippen LogP contribution in [0.3, 0.4) is 0 Å². The quantitative estimate of drug-likeness (QED) is 0.104. The summed E-state index contributed by atoms with van der Waals surface area (Å²) in [4.78, 5) is 29.0. The lowest BCUT2D eigenvalue weighted by atomic mass is 10.0. The number of urea groups is 1. The molecule has 1 aliphatic heterocycles. The standard InChI is InChI=1S/C28H28ClFN4O4/c1-5-7-19(12-13-32-37)22-10-9-21(16-23(22)30)38-15-6-14-33-27(36)34(26(35)28(33,3)4)24-11-8-20(17-31)25(29)18(24)2/h5,7-13,16,37H,6,14-15H2,1-4H3/b7-5-,19-12+,32-13+. The molecule has 1 aliphatic rings. The molecule has 2 aromatic rings. The van der Waals surface area contributed by atoms with Gasteiger partial charge in [0.05, 0.1) is 29.1 Å². The number of carbonyl (C=O) groups is 2. The highest BCUT2D eigenvalue weighted by molar-refractivity contribution is 6.33. The molecule has 0 bridgehead atoms. The number of hydrogen-bond donors (Lipinski definition) is 1. The van der Waals surface area contributed by atoms with E-state index in [0.29, 0.717) is 34.6 Å². The zero-order chi connectivity index (χ0) is 28.0. The molecule has 10 heteroatoms. The van der Waals surface area contributed by atoms with E-state index in [1.807, 2.05) is 6.07 Å². The van der Waals surface area contributed by atoms with Crippen molar-refractivity contribution in [2.24, 2.45) is 5.16 Å². The summed E-state index contributed by atoms with van der Waals surface area (Å²) < 4.78 is 20.4. The van der Waals surface area contributed by atoms with Crippen molar-refractivity contribution in [2.45, 2.75) is 39.7 Å². The van der Waals surface area contributed by atoms with E-state index in [0.717, 1.165) is 11.1 Å². The number of ether oxygens (including phenoxy) is 1. The van der Waals surface area contributed by atoms with E-state index in [-0.39, 0.29) is 23.7 Å². The van der Waals surface area contributed by atoms with Crippen molar-refractivity contribution in [2.75, 3.05) is 18.1 Å². The minimum Gasteiger partial charge on any atom is -0.493 e. The van der Waals surface area contributed by atoms with Crippen LogP contribution < -0.4 is 9.64 Å². The number of halogens is 2. The van der Waals surface area contributed by atoms with Gasteiger partial charge in [0, 0.05) is 18.2 Å². The second kappa shape index (κ2) is 11.9. The summed E-state index contributed by atoms with van der Waals surface area (Å²) in [7, 11) is 0. The normalized spacial score (nSPS) is 15.7. The molecule has 38 heavy (non-hydrogen) atoms. The Morgan fingerprint density at radius 2 is 2.03 bits per heavy atom. The maximum atomic E-state index is 14.7. The predicted octanol–water partition coefficient (Wildman–Crippen LogP) is 6.10. The summed E-state index contributed by atoms with van der Waals surface area (Å²) in [6.07, 6.45) is 6.46. The van der Waals surface area contributed by atoms with Crippen molar-refractivity contribution in [3.05, 3.63) is 76.1 Å². The van der Waals surface area contributed by atoms with Gasteiger partial charge in [-0.25, -0.2) is 14.1 Å². The van der Waals surface area contributed by atoms with Crippen LogP contribution in [-0.2, 0) is 4.79 Å². The van der Waals surface area contributed by atoms with Crippen molar-refractivity contribution >= 4 is 41.0 Å². The molecule has 3 rings (SSSR count). The first-order valence-corrected chi connectivity index (χ1v) is 12.2. The van der Waals surface area contributed by atoms with Crippen LogP contribution in [0, 0.1) is 24.1 Å². The SMILES string of the molecule is C\C=C/C(=C\C=N\O)c1ccc(OCCCN2C(=O)N(c3ccc(C#N)c(Cl)c3C)C(=O)C2(C)C)cc1F. The maximum absolute atomic E-state index is 14.7. The molecular formula is C28H28ClFN4O4. The van der Waals surface area contributed by atoms with Crippen LogP contribution in [0.15, 0.2) is 53.7 Å². The molecule has 0 unspecified atom stereocenters. The predicted molar refractivity (Wildman–Crippen MR) is 144 cm³/mol. The van der Waals surface area contributed by atoms with E-state index in [9.17, 15) is 19.2 Å². The van der Waals surface area contributed by atoms with Gasteiger partial charge < -0.3 is 14.8 Å². The van der Waals surface area contributed by atoms with Crippen molar-refractivity contribution in [1.82, 2.24) is 4.90 Å². The highest BCUT2D eigenvalue weighted by Crippen LogP contribution is 2.37. The van der Waals surface area contributed by atoms with Gasteiger partial charge in [-0.1, -0.05) is 28.9 Å².